The van der Waals surface area contributed by atoms with Gasteiger partial charge >= 0.3 is 0 Å². The van der Waals surface area contributed by atoms with Crippen LogP contribution in [0.4, 0.5) is 0 Å². The van der Waals surface area contributed by atoms with Gasteiger partial charge in [-0.3, -0.25) is 9.48 Å². The summed E-state index contributed by atoms with van der Waals surface area (Å²) in [4.78, 5) is 10.8. The summed E-state index contributed by atoms with van der Waals surface area (Å²) in [6.07, 6.45) is 0.757. The molecule has 2 aromatic rings. The number of carbonyl (C=O) groups excluding carboxylic acids is 1. The summed E-state index contributed by atoms with van der Waals surface area (Å²) in [5.74, 6) is 0.671. The molecule has 0 radical (unpaired) electrons. The number of aromatic nitrogens is 2. The van der Waals surface area contributed by atoms with Gasteiger partial charge in [0.25, 0.3) is 0 Å². The van der Waals surface area contributed by atoms with Gasteiger partial charge in [-0.25, -0.2) is 0 Å². The highest BCUT2D eigenvalue weighted by atomic mass is 35.5. The van der Waals surface area contributed by atoms with Crippen molar-refractivity contribution in [3.8, 4) is 17.0 Å². The van der Waals surface area contributed by atoms with Crippen LogP contribution in [0.25, 0.3) is 11.3 Å². The Morgan fingerprint density at radius 1 is 1.41 bits per heavy atom. The van der Waals surface area contributed by atoms with Crippen molar-refractivity contribution in [3.05, 3.63) is 35.0 Å². The maximum atomic E-state index is 10.8. The fourth-order valence-electron chi connectivity index (χ4n) is 1.60. The molecular formula is C12H11ClN2O2. The Kier molecular flexibility index (Phi) is 3.15. The standard InChI is InChI=1S/C12H11ClN2O2/c1-15-9(7-16)6-11(14-15)10-5-8(13)3-4-12(10)17-2/h3-7H,1-2H3. The van der Waals surface area contributed by atoms with Crippen molar-refractivity contribution in [3.63, 3.8) is 0 Å². The van der Waals surface area contributed by atoms with Gasteiger partial charge in [0.1, 0.15) is 11.4 Å². The first-order valence-corrected chi connectivity index (χ1v) is 5.36. The fraction of sp³-hybridized carbons (Fsp3) is 0.167. The van der Waals surface area contributed by atoms with Gasteiger partial charge in [-0.05, 0) is 24.3 Å². The monoisotopic (exact) mass is 250 g/mol. The van der Waals surface area contributed by atoms with E-state index in [1.165, 1.54) is 4.68 Å². The maximum absolute atomic E-state index is 10.8. The molecule has 0 aliphatic carbocycles. The van der Waals surface area contributed by atoms with Gasteiger partial charge in [0.05, 0.1) is 12.8 Å². The summed E-state index contributed by atoms with van der Waals surface area (Å²) in [5, 5.41) is 4.84. The third kappa shape index (κ3) is 2.17. The van der Waals surface area contributed by atoms with Crippen LogP contribution in [0.1, 0.15) is 10.5 Å². The van der Waals surface area contributed by atoms with E-state index in [9.17, 15) is 4.79 Å². The second-order valence-electron chi connectivity index (χ2n) is 3.54. The quantitative estimate of drug-likeness (QED) is 0.787. The summed E-state index contributed by atoms with van der Waals surface area (Å²) >= 11 is 5.94. The van der Waals surface area contributed by atoms with E-state index in [-0.39, 0.29) is 0 Å². The smallest absolute Gasteiger partial charge is 0.168 e. The maximum Gasteiger partial charge on any atom is 0.168 e. The normalized spacial score (nSPS) is 10.3. The molecule has 2 rings (SSSR count). The number of halogens is 1. The van der Waals surface area contributed by atoms with Crippen molar-refractivity contribution < 1.29 is 9.53 Å². The highest BCUT2D eigenvalue weighted by Crippen LogP contribution is 2.31. The SMILES string of the molecule is COc1ccc(Cl)cc1-c1cc(C=O)n(C)n1. The molecule has 5 heteroatoms. The Balaban J connectivity index is 2.58. The summed E-state index contributed by atoms with van der Waals surface area (Å²) in [5.41, 5.74) is 1.93. The van der Waals surface area contributed by atoms with Crippen molar-refractivity contribution in [2.24, 2.45) is 7.05 Å². The number of aryl methyl sites for hydroxylation is 1. The third-order valence-corrected chi connectivity index (χ3v) is 2.71. The lowest BCUT2D eigenvalue weighted by Crippen LogP contribution is -1.95. The molecule has 0 saturated heterocycles. The first kappa shape index (κ1) is 11.7. The number of aldehydes is 1. The second kappa shape index (κ2) is 4.59. The Morgan fingerprint density at radius 2 is 2.18 bits per heavy atom. The van der Waals surface area contributed by atoms with Crippen LogP contribution in [0.5, 0.6) is 5.75 Å². The Bertz CT molecular complexity index is 564. The summed E-state index contributed by atoms with van der Waals surface area (Å²) in [6, 6.07) is 6.97. The zero-order chi connectivity index (χ0) is 12.4. The Morgan fingerprint density at radius 3 is 2.76 bits per heavy atom. The molecule has 1 aromatic heterocycles. The Hall–Kier alpha value is -1.81. The first-order valence-electron chi connectivity index (χ1n) is 4.99. The topological polar surface area (TPSA) is 44.1 Å². The van der Waals surface area contributed by atoms with E-state index < -0.39 is 0 Å². The molecule has 0 fully saturated rings. The van der Waals surface area contributed by atoms with Gasteiger partial charge in [-0.1, -0.05) is 11.6 Å². The van der Waals surface area contributed by atoms with Gasteiger partial charge in [-0.15, -0.1) is 0 Å². The number of ether oxygens (including phenoxy) is 1. The number of hydrogen-bond acceptors (Lipinski definition) is 3. The number of carbonyl (C=O) groups is 1. The lowest BCUT2D eigenvalue weighted by molar-refractivity contribution is 0.111. The Labute approximate surface area is 104 Å². The van der Waals surface area contributed by atoms with Crippen molar-refractivity contribution in [2.75, 3.05) is 7.11 Å². The minimum absolute atomic E-state index is 0.502. The van der Waals surface area contributed by atoms with Gasteiger partial charge in [0.15, 0.2) is 6.29 Å². The molecule has 1 aromatic carbocycles. The van der Waals surface area contributed by atoms with E-state index in [1.807, 2.05) is 0 Å². The van der Waals surface area contributed by atoms with Crippen molar-refractivity contribution in [1.82, 2.24) is 9.78 Å². The largest absolute Gasteiger partial charge is 0.496 e. The van der Waals surface area contributed by atoms with Crippen molar-refractivity contribution in [1.29, 1.82) is 0 Å². The average molecular weight is 251 g/mol. The number of rotatable bonds is 3. The highest BCUT2D eigenvalue weighted by molar-refractivity contribution is 6.30. The van der Waals surface area contributed by atoms with Crippen LogP contribution < -0.4 is 4.74 Å². The van der Waals surface area contributed by atoms with E-state index in [4.69, 9.17) is 16.3 Å². The molecular weight excluding hydrogens is 240 g/mol. The predicted molar refractivity (Wildman–Crippen MR) is 65.6 cm³/mol. The first-order chi connectivity index (χ1) is 8.15. The molecule has 88 valence electrons. The predicted octanol–water partition coefficient (Wildman–Crippen LogP) is 2.56. The van der Waals surface area contributed by atoms with Crippen molar-refractivity contribution >= 4 is 17.9 Å². The molecule has 0 spiro atoms. The van der Waals surface area contributed by atoms with E-state index in [0.29, 0.717) is 22.2 Å². The molecule has 0 N–H and O–H groups in total. The van der Waals surface area contributed by atoms with E-state index in [0.717, 1.165) is 11.8 Å². The lowest BCUT2D eigenvalue weighted by atomic mass is 10.1. The molecule has 0 atom stereocenters. The van der Waals surface area contributed by atoms with Crippen LogP contribution in [0.3, 0.4) is 0 Å². The molecule has 4 nitrogen and oxygen atoms in total. The molecule has 0 aliphatic rings. The number of benzene rings is 1. The molecule has 0 unspecified atom stereocenters. The van der Waals surface area contributed by atoms with Crippen LogP contribution in [0, 0.1) is 0 Å². The summed E-state index contributed by atoms with van der Waals surface area (Å²) in [7, 11) is 3.29. The number of methoxy groups -OCH3 is 1. The van der Waals surface area contributed by atoms with Crippen LogP contribution >= 0.6 is 11.6 Å². The molecule has 1 heterocycles. The van der Waals surface area contributed by atoms with Crippen LogP contribution in [0.2, 0.25) is 5.02 Å². The van der Waals surface area contributed by atoms with Crippen LogP contribution in [-0.4, -0.2) is 23.2 Å². The van der Waals surface area contributed by atoms with Gasteiger partial charge in [-0.2, -0.15) is 5.10 Å². The molecule has 0 aliphatic heterocycles. The van der Waals surface area contributed by atoms with Crippen molar-refractivity contribution in [2.45, 2.75) is 0 Å². The van der Waals surface area contributed by atoms with Gasteiger partial charge in [0, 0.05) is 17.6 Å². The highest BCUT2D eigenvalue weighted by Gasteiger charge is 2.11. The molecule has 0 amide bonds. The minimum atomic E-state index is 0.502. The van der Waals surface area contributed by atoms with E-state index in [2.05, 4.69) is 5.10 Å². The third-order valence-electron chi connectivity index (χ3n) is 2.47. The molecule has 0 saturated carbocycles. The summed E-state index contributed by atoms with van der Waals surface area (Å²) in [6.45, 7) is 0. The van der Waals surface area contributed by atoms with E-state index in [1.54, 1.807) is 38.4 Å². The molecule has 0 bridgehead atoms. The minimum Gasteiger partial charge on any atom is -0.496 e. The van der Waals surface area contributed by atoms with Crippen LogP contribution in [-0.2, 0) is 7.05 Å². The zero-order valence-corrected chi connectivity index (χ0v) is 10.2. The van der Waals surface area contributed by atoms with Crippen LogP contribution in [0.15, 0.2) is 24.3 Å². The lowest BCUT2D eigenvalue weighted by Gasteiger charge is -2.06. The van der Waals surface area contributed by atoms with Gasteiger partial charge < -0.3 is 4.74 Å². The average Bonchev–Trinajstić information content (AvgIpc) is 2.70. The number of hydrogen-bond donors (Lipinski definition) is 0. The van der Waals surface area contributed by atoms with E-state index >= 15 is 0 Å². The molecule has 17 heavy (non-hydrogen) atoms. The van der Waals surface area contributed by atoms with Gasteiger partial charge in [0.2, 0.25) is 0 Å². The number of nitrogens with zero attached hydrogens (tertiary/aromatic N) is 2. The fourth-order valence-corrected chi connectivity index (χ4v) is 1.78. The second-order valence-corrected chi connectivity index (χ2v) is 3.98. The summed E-state index contributed by atoms with van der Waals surface area (Å²) < 4.78 is 6.76. The zero-order valence-electron chi connectivity index (χ0n) is 9.48.